The van der Waals surface area contributed by atoms with E-state index in [4.69, 9.17) is 10.2 Å². The minimum absolute atomic E-state index is 0.227. The van der Waals surface area contributed by atoms with Crippen molar-refractivity contribution < 1.29 is 19.7 Å². The third kappa shape index (κ3) is 5.57. The summed E-state index contributed by atoms with van der Waals surface area (Å²) < 4.78 is 4.43. The van der Waals surface area contributed by atoms with E-state index in [1.54, 1.807) is 6.92 Å². The van der Waals surface area contributed by atoms with Gasteiger partial charge in [0.2, 0.25) is 0 Å². The Morgan fingerprint density at radius 2 is 2.23 bits per heavy atom. The lowest BCUT2D eigenvalue weighted by Crippen LogP contribution is -2.40. The van der Waals surface area contributed by atoms with Gasteiger partial charge in [-0.3, -0.25) is 4.79 Å². The Balaban J connectivity index is 3.47. The van der Waals surface area contributed by atoms with Gasteiger partial charge in [0.1, 0.15) is 0 Å². The van der Waals surface area contributed by atoms with Gasteiger partial charge in [-0.15, -0.1) is 0 Å². The second-order valence-corrected chi connectivity index (χ2v) is 2.82. The van der Waals surface area contributed by atoms with Crippen molar-refractivity contribution in [1.82, 2.24) is 5.32 Å². The highest BCUT2D eigenvalue weighted by Gasteiger charge is 2.12. The predicted octanol–water partition coefficient (Wildman–Crippen LogP) is -1.12. The molecule has 0 aliphatic rings. The van der Waals surface area contributed by atoms with Crippen molar-refractivity contribution in [3.63, 3.8) is 0 Å². The first-order valence-corrected chi connectivity index (χ1v) is 4.21. The first-order chi connectivity index (χ1) is 6.11. The third-order valence-corrected chi connectivity index (χ3v) is 1.79. The van der Waals surface area contributed by atoms with Crippen molar-refractivity contribution in [2.45, 2.75) is 25.5 Å². The molecule has 0 radical (unpaired) electrons. The Bertz CT molecular complexity index is 151. The van der Waals surface area contributed by atoms with Crippen LogP contribution >= 0.6 is 0 Å². The molecule has 0 fully saturated rings. The fourth-order valence-electron chi connectivity index (χ4n) is 0.798. The van der Waals surface area contributed by atoms with Crippen LogP contribution in [0.4, 0.5) is 0 Å². The maximum Gasteiger partial charge on any atom is 0.306 e. The van der Waals surface area contributed by atoms with Crippen LogP contribution in [0.2, 0.25) is 0 Å². The second-order valence-electron chi connectivity index (χ2n) is 2.82. The molecule has 0 aromatic carbocycles. The van der Waals surface area contributed by atoms with E-state index in [2.05, 4.69) is 10.1 Å². The summed E-state index contributed by atoms with van der Waals surface area (Å²) in [5.74, 6) is -0.293. The lowest BCUT2D eigenvalue weighted by Gasteiger charge is -2.17. The minimum Gasteiger partial charge on any atom is -0.469 e. The van der Waals surface area contributed by atoms with Gasteiger partial charge >= 0.3 is 5.97 Å². The van der Waals surface area contributed by atoms with Crippen LogP contribution in [0, 0.1) is 0 Å². The van der Waals surface area contributed by atoms with Crippen LogP contribution in [0.1, 0.15) is 13.3 Å². The molecule has 13 heavy (non-hydrogen) atoms. The maximum atomic E-state index is 10.7. The fraction of sp³-hybridized carbons (Fsp3) is 0.875. The van der Waals surface area contributed by atoms with Crippen molar-refractivity contribution in [3.8, 4) is 0 Å². The zero-order valence-corrected chi connectivity index (χ0v) is 7.99. The number of ether oxygens (including phenoxy) is 1. The monoisotopic (exact) mass is 191 g/mol. The smallest absolute Gasteiger partial charge is 0.306 e. The molecule has 0 aliphatic carbocycles. The maximum absolute atomic E-state index is 10.7. The molecular formula is C8H17NO4. The highest BCUT2D eigenvalue weighted by Crippen LogP contribution is 1.91. The van der Waals surface area contributed by atoms with E-state index in [1.807, 2.05) is 0 Å². The molecule has 0 aromatic rings. The predicted molar refractivity (Wildman–Crippen MR) is 47.2 cm³/mol. The largest absolute Gasteiger partial charge is 0.469 e. The lowest BCUT2D eigenvalue weighted by atomic mass is 10.2. The molecule has 5 nitrogen and oxygen atoms in total. The van der Waals surface area contributed by atoms with Crippen LogP contribution in [0.3, 0.4) is 0 Å². The van der Waals surface area contributed by atoms with Crippen molar-refractivity contribution in [2.75, 3.05) is 20.3 Å². The summed E-state index contributed by atoms with van der Waals surface area (Å²) in [6.07, 6.45) is -0.531. The number of aliphatic hydroxyl groups excluding tert-OH is 2. The van der Waals surface area contributed by atoms with Crippen molar-refractivity contribution >= 4 is 5.97 Å². The first-order valence-electron chi connectivity index (χ1n) is 4.21. The SMILES string of the molecule is COC(=O)CCNC(C)C(O)CO. The topological polar surface area (TPSA) is 78.8 Å². The number of methoxy groups -OCH3 is 1. The number of aliphatic hydroxyl groups is 2. The molecule has 0 spiro atoms. The molecule has 0 saturated heterocycles. The van der Waals surface area contributed by atoms with Crippen LogP contribution in [-0.2, 0) is 9.53 Å². The van der Waals surface area contributed by atoms with Gasteiger partial charge in [0, 0.05) is 12.6 Å². The van der Waals surface area contributed by atoms with Gasteiger partial charge in [0.15, 0.2) is 0 Å². The van der Waals surface area contributed by atoms with Crippen molar-refractivity contribution in [1.29, 1.82) is 0 Å². The Kier molecular flexibility index (Phi) is 6.48. The quantitative estimate of drug-likeness (QED) is 0.463. The van der Waals surface area contributed by atoms with Gasteiger partial charge in [-0.2, -0.15) is 0 Å². The van der Waals surface area contributed by atoms with Crippen LogP contribution in [-0.4, -0.2) is 48.6 Å². The Morgan fingerprint density at radius 1 is 1.62 bits per heavy atom. The number of rotatable bonds is 6. The molecule has 0 heterocycles. The molecular weight excluding hydrogens is 174 g/mol. The number of esters is 1. The number of hydrogen-bond donors (Lipinski definition) is 3. The molecule has 2 unspecified atom stereocenters. The van der Waals surface area contributed by atoms with E-state index in [-0.39, 0.29) is 25.0 Å². The van der Waals surface area contributed by atoms with Crippen LogP contribution in [0.25, 0.3) is 0 Å². The molecule has 0 saturated carbocycles. The van der Waals surface area contributed by atoms with E-state index >= 15 is 0 Å². The number of nitrogens with one attached hydrogen (secondary N) is 1. The summed E-state index contributed by atoms with van der Waals surface area (Å²) >= 11 is 0. The lowest BCUT2D eigenvalue weighted by molar-refractivity contribution is -0.140. The zero-order valence-electron chi connectivity index (χ0n) is 7.99. The molecule has 5 heteroatoms. The second kappa shape index (κ2) is 6.82. The normalized spacial score (nSPS) is 15.1. The summed E-state index contributed by atoms with van der Waals surface area (Å²) in [5, 5.41) is 20.6. The summed E-state index contributed by atoms with van der Waals surface area (Å²) in [5.41, 5.74) is 0. The summed E-state index contributed by atoms with van der Waals surface area (Å²) in [7, 11) is 1.33. The standard InChI is InChI=1S/C8H17NO4/c1-6(7(11)5-10)9-4-3-8(12)13-2/h6-7,9-11H,3-5H2,1-2H3. The number of hydrogen-bond acceptors (Lipinski definition) is 5. The van der Waals surface area contributed by atoms with E-state index < -0.39 is 6.10 Å². The molecule has 0 bridgehead atoms. The van der Waals surface area contributed by atoms with E-state index in [1.165, 1.54) is 7.11 Å². The van der Waals surface area contributed by atoms with E-state index in [9.17, 15) is 4.79 Å². The van der Waals surface area contributed by atoms with Gasteiger partial charge in [-0.25, -0.2) is 0 Å². The Hall–Kier alpha value is -0.650. The third-order valence-electron chi connectivity index (χ3n) is 1.79. The highest BCUT2D eigenvalue weighted by atomic mass is 16.5. The van der Waals surface area contributed by atoms with Crippen molar-refractivity contribution in [2.24, 2.45) is 0 Å². The summed E-state index contributed by atoms with van der Waals surface area (Å²) in [4.78, 5) is 10.7. The number of carbonyl (C=O) groups excluding carboxylic acids is 1. The average Bonchev–Trinajstić information content (AvgIpc) is 2.15. The molecule has 3 N–H and O–H groups in total. The van der Waals surface area contributed by atoms with E-state index in [0.29, 0.717) is 6.54 Å². The van der Waals surface area contributed by atoms with Gasteiger partial charge in [-0.1, -0.05) is 0 Å². The van der Waals surface area contributed by atoms with Crippen molar-refractivity contribution in [3.05, 3.63) is 0 Å². The highest BCUT2D eigenvalue weighted by molar-refractivity contribution is 5.69. The van der Waals surface area contributed by atoms with Crippen LogP contribution in [0.15, 0.2) is 0 Å². The Morgan fingerprint density at radius 3 is 2.69 bits per heavy atom. The van der Waals surface area contributed by atoms with Gasteiger partial charge < -0.3 is 20.3 Å². The Labute approximate surface area is 77.7 Å². The van der Waals surface area contributed by atoms with Crippen LogP contribution < -0.4 is 5.32 Å². The first kappa shape index (κ1) is 12.3. The van der Waals surface area contributed by atoms with Gasteiger partial charge in [0.05, 0.1) is 26.2 Å². The molecule has 78 valence electrons. The van der Waals surface area contributed by atoms with Gasteiger partial charge in [0.25, 0.3) is 0 Å². The molecule has 0 aromatic heterocycles. The van der Waals surface area contributed by atoms with Crippen LogP contribution in [0.5, 0.6) is 0 Å². The summed E-state index contributed by atoms with van der Waals surface area (Å²) in [6.45, 7) is 1.88. The average molecular weight is 191 g/mol. The molecule has 0 aliphatic heterocycles. The minimum atomic E-state index is -0.794. The molecule has 0 amide bonds. The zero-order chi connectivity index (χ0) is 10.3. The number of carbonyl (C=O) groups is 1. The van der Waals surface area contributed by atoms with E-state index in [0.717, 1.165) is 0 Å². The molecule has 0 rings (SSSR count). The molecule has 2 atom stereocenters. The summed E-state index contributed by atoms with van der Waals surface area (Å²) in [6, 6.07) is -0.227. The fourth-order valence-corrected chi connectivity index (χ4v) is 0.798. The van der Waals surface area contributed by atoms with Gasteiger partial charge in [-0.05, 0) is 6.92 Å².